The number of aryl methyl sites for hydroxylation is 1. The van der Waals surface area contributed by atoms with Gasteiger partial charge in [-0.2, -0.15) is 0 Å². The van der Waals surface area contributed by atoms with Gasteiger partial charge in [-0.1, -0.05) is 30.3 Å². The van der Waals surface area contributed by atoms with Crippen LogP contribution in [0.3, 0.4) is 0 Å². The van der Waals surface area contributed by atoms with E-state index >= 15 is 0 Å². The Balaban J connectivity index is 1.61. The van der Waals surface area contributed by atoms with E-state index in [1.807, 2.05) is 43.3 Å². The van der Waals surface area contributed by atoms with Crippen molar-refractivity contribution in [3.8, 4) is 5.75 Å². The van der Waals surface area contributed by atoms with Crippen molar-refractivity contribution in [2.75, 3.05) is 0 Å². The maximum Gasteiger partial charge on any atom is 0.317 e. The Kier molecular flexibility index (Phi) is 5.84. The lowest BCUT2D eigenvalue weighted by Crippen LogP contribution is -2.33. The van der Waals surface area contributed by atoms with Crippen molar-refractivity contribution in [1.82, 2.24) is 10.5 Å². The highest BCUT2D eigenvalue weighted by atomic mass is 16.5. The number of pyridine rings is 1. The van der Waals surface area contributed by atoms with Gasteiger partial charge < -0.3 is 9.47 Å². The topological polar surface area (TPSA) is 97.8 Å². The fourth-order valence-corrected chi connectivity index (χ4v) is 4.18. The summed E-state index contributed by atoms with van der Waals surface area (Å²) in [5, 5.41) is 10.1. The van der Waals surface area contributed by atoms with Crippen molar-refractivity contribution in [1.29, 1.82) is 0 Å². The number of carbonyl (C=O) groups excluding carboxylic acids is 2. The Labute approximate surface area is 186 Å². The lowest BCUT2D eigenvalue weighted by Gasteiger charge is -2.19. The molecule has 2 atom stereocenters. The highest BCUT2D eigenvalue weighted by molar-refractivity contribution is 5.98. The summed E-state index contributed by atoms with van der Waals surface area (Å²) in [5.74, 6) is -1.20. The van der Waals surface area contributed by atoms with Crippen LogP contribution in [0, 0.1) is 12.8 Å². The van der Waals surface area contributed by atoms with E-state index in [0.717, 1.165) is 22.2 Å². The molecule has 166 valence electrons. The molecular formula is C25H26N2O5. The minimum Gasteiger partial charge on any atom is -0.489 e. The fourth-order valence-electron chi connectivity index (χ4n) is 4.18. The first-order valence-corrected chi connectivity index (χ1v) is 10.6. The number of nitrogens with one attached hydrogen (secondary N) is 1. The average Bonchev–Trinajstić information content (AvgIpc) is 3.54. The molecule has 1 amide bonds. The smallest absolute Gasteiger partial charge is 0.317 e. The first-order chi connectivity index (χ1) is 15.3. The molecule has 32 heavy (non-hydrogen) atoms. The van der Waals surface area contributed by atoms with Crippen LogP contribution in [0.2, 0.25) is 0 Å². The molecule has 1 aliphatic rings. The second-order valence-corrected chi connectivity index (χ2v) is 8.41. The van der Waals surface area contributed by atoms with Crippen molar-refractivity contribution in [3.05, 3.63) is 71.4 Å². The van der Waals surface area contributed by atoms with E-state index in [1.54, 1.807) is 37.5 Å². The molecular weight excluding hydrogens is 408 g/mol. The lowest BCUT2D eigenvalue weighted by atomic mass is 9.92. The lowest BCUT2D eigenvalue weighted by molar-refractivity contribution is -0.152. The van der Waals surface area contributed by atoms with Crippen molar-refractivity contribution < 1.29 is 24.3 Å². The second-order valence-electron chi connectivity index (χ2n) is 8.41. The van der Waals surface area contributed by atoms with Gasteiger partial charge in [0.1, 0.15) is 17.8 Å². The highest BCUT2D eigenvalue weighted by Crippen LogP contribution is 2.56. The number of carbonyl (C=O) groups is 2. The van der Waals surface area contributed by atoms with E-state index in [1.165, 1.54) is 0 Å². The van der Waals surface area contributed by atoms with Crippen LogP contribution < -0.4 is 10.2 Å². The molecule has 2 aromatic carbocycles. The number of hydroxylamine groups is 1. The van der Waals surface area contributed by atoms with E-state index in [4.69, 9.17) is 14.7 Å². The normalized spacial score (nSPS) is 19.6. The number of hydrogen-bond donors (Lipinski definition) is 2. The molecule has 7 nitrogen and oxygen atoms in total. The van der Waals surface area contributed by atoms with Gasteiger partial charge in [0.2, 0.25) is 5.91 Å². The quantitative estimate of drug-likeness (QED) is 0.333. The third kappa shape index (κ3) is 4.03. The molecule has 0 saturated heterocycles. The minimum atomic E-state index is -1.13. The summed E-state index contributed by atoms with van der Waals surface area (Å²) >= 11 is 0. The van der Waals surface area contributed by atoms with Crippen molar-refractivity contribution in [2.45, 2.75) is 45.3 Å². The molecule has 1 saturated carbocycles. The number of esters is 1. The van der Waals surface area contributed by atoms with Gasteiger partial charge >= 0.3 is 5.97 Å². The van der Waals surface area contributed by atoms with Crippen LogP contribution in [0.4, 0.5) is 0 Å². The summed E-state index contributed by atoms with van der Waals surface area (Å²) in [7, 11) is 0. The number of rotatable bonds is 7. The Morgan fingerprint density at radius 3 is 2.72 bits per heavy atom. The molecule has 4 rings (SSSR count). The van der Waals surface area contributed by atoms with Crippen LogP contribution in [0.15, 0.2) is 54.6 Å². The third-order valence-corrected chi connectivity index (χ3v) is 5.77. The van der Waals surface area contributed by atoms with Gasteiger partial charge in [-0.15, -0.1) is 0 Å². The van der Waals surface area contributed by atoms with Crippen LogP contribution in [-0.4, -0.2) is 28.2 Å². The summed E-state index contributed by atoms with van der Waals surface area (Å²) in [6.07, 6.45) is -0.0526. The largest absolute Gasteiger partial charge is 0.489 e. The Hall–Kier alpha value is -3.45. The van der Waals surface area contributed by atoms with Gasteiger partial charge in [-0.05, 0) is 57.0 Å². The van der Waals surface area contributed by atoms with Gasteiger partial charge in [-0.3, -0.25) is 19.8 Å². The molecule has 0 aliphatic heterocycles. The molecule has 1 aliphatic carbocycles. The number of ether oxygens (including phenoxy) is 2. The average molecular weight is 434 g/mol. The molecule has 3 aromatic rings. The molecule has 0 spiro atoms. The molecule has 0 bridgehead atoms. The van der Waals surface area contributed by atoms with E-state index in [-0.39, 0.29) is 12.5 Å². The Morgan fingerprint density at radius 1 is 1.19 bits per heavy atom. The summed E-state index contributed by atoms with van der Waals surface area (Å²) in [6.45, 7) is 5.79. The zero-order valence-electron chi connectivity index (χ0n) is 18.3. The first-order valence-electron chi connectivity index (χ1n) is 10.6. The van der Waals surface area contributed by atoms with E-state index in [2.05, 4.69) is 4.98 Å². The van der Waals surface area contributed by atoms with Gasteiger partial charge in [0, 0.05) is 16.6 Å². The summed E-state index contributed by atoms with van der Waals surface area (Å²) < 4.78 is 11.5. The van der Waals surface area contributed by atoms with Crippen LogP contribution in [0.1, 0.15) is 37.1 Å². The summed E-state index contributed by atoms with van der Waals surface area (Å²) in [4.78, 5) is 29.6. The zero-order valence-corrected chi connectivity index (χ0v) is 18.3. The van der Waals surface area contributed by atoms with Crippen LogP contribution >= 0.6 is 0 Å². The van der Waals surface area contributed by atoms with E-state index in [0.29, 0.717) is 17.9 Å². The summed E-state index contributed by atoms with van der Waals surface area (Å²) in [5.41, 5.74) is 3.98. The number of amides is 1. The molecule has 7 heteroatoms. The zero-order chi connectivity index (χ0) is 22.9. The van der Waals surface area contributed by atoms with Gasteiger partial charge in [-0.25, -0.2) is 5.48 Å². The SMILES string of the molecule is Cc1cc(COc2cccc(C3(C(=O)OC(C)C)CC3C(=O)NO)c2)c2ccccc2n1. The number of fused-ring (bicyclic) bond motifs is 1. The highest BCUT2D eigenvalue weighted by Gasteiger charge is 2.66. The second kappa shape index (κ2) is 8.59. The minimum absolute atomic E-state index is 0.266. The molecule has 2 unspecified atom stereocenters. The van der Waals surface area contributed by atoms with E-state index in [9.17, 15) is 9.59 Å². The monoisotopic (exact) mass is 434 g/mol. The third-order valence-electron chi connectivity index (χ3n) is 5.77. The van der Waals surface area contributed by atoms with Crippen molar-refractivity contribution >= 4 is 22.8 Å². The standard InChI is InChI=1S/C25H26N2O5/c1-15(2)32-24(29)25(13-21(25)23(28)27-30)18-7-6-8-19(12-18)31-14-17-11-16(3)26-22-10-5-4-9-20(17)22/h4-12,15,21,30H,13-14H2,1-3H3,(H,27,28). The summed E-state index contributed by atoms with van der Waals surface area (Å²) in [6, 6.07) is 17.0. The molecule has 1 heterocycles. The Bertz CT molecular complexity index is 1180. The van der Waals surface area contributed by atoms with E-state index < -0.39 is 23.2 Å². The van der Waals surface area contributed by atoms with Crippen molar-refractivity contribution in [2.24, 2.45) is 5.92 Å². The number of benzene rings is 2. The maximum absolute atomic E-state index is 12.9. The fraction of sp³-hybridized carbons (Fsp3) is 0.320. The number of para-hydroxylation sites is 1. The van der Waals surface area contributed by atoms with Crippen LogP contribution in [0.25, 0.3) is 10.9 Å². The number of aromatic nitrogens is 1. The first kappa shape index (κ1) is 21.8. The Morgan fingerprint density at radius 2 is 1.97 bits per heavy atom. The van der Waals surface area contributed by atoms with Gasteiger partial charge in [0.05, 0.1) is 17.5 Å². The molecule has 1 fully saturated rings. The van der Waals surface area contributed by atoms with Gasteiger partial charge in [0.25, 0.3) is 0 Å². The van der Waals surface area contributed by atoms with Crippen molar-refractivity contribution in [3.63, 3.8) is 0 Å². The van der Waals surface area contributed by atoms with Gasteiger partial charge in [0.15, 0.2) is 0 Å². The predicted molar refractivity (Wildman–Crippen MR) is 118 cm³/mol. The maximum atomic E-state index is 12.9. The molecule has 1 aromatic heterocycles. The van der Waals surface area contributed by atoms with Crippen LogP contribution in [0.5, 0.6) is 5.75 Å². The predicted octanol–water partition coefficient (Wildman–Crippen LogP) is 3.84. The molecule has 2 N–H and O–H groups in total. The molecule has 0 radical (unpaired) electrons. The number of hydrogen-bond acceptors (Lipinski definition) is 6. The van der Waals surface area contributed by atoms with Crippen LogP contribution in [-0.2, 0) is 26.3 Å². The number of nitrogens with zero attached hydrogens (tertiary/aromatic N) is 1.